The van der Waals surface area contributed by atoms with E-state index in [1.165, 1.54) is 5.56 Å². The fraction of sp³-hybridized carbons (Fsp3) is 0.400. The molecule has 2 N–H and O–H groups in total. The minimum absolute atomic E-state index is 0.124. The molecule has 0 aromatic heterocycles. The van der Waals surface area contributed by atoms with E-state index in [0.717, 1.165) is 49.2 Å². The Morgan fingerprint density at radius 3 is 2.62 bits per heavy atom. The Kier molecular flexibility index (Phi) is 4.57. The van der Waals surface area contributed by atoms with Gasteiger partial charge in [-0.05, 0) is 60.4 Å². The predicted molar refractivity (Wildman–Crippen MR) is 115 cm³/mol. The van der Waals surface area contributed by atoms with Crippen LogP contribution in [0.4, 0.5) is 5.69 Å². The van der Waals surface area contributed by atoms with Crippen molar-refractivity contribution in [2.45, 2.75) is 38.1 Å². The number of likely N-dealkylation sites (tertiary alicyclic amines) is 1. The molecule has 3 atom stereocenters. The number of anilines is 1. The number of phenols is 1. The molecule has 1 amide bonds. The van der Waals surface area contributed by atoms with Gasteiger partial charge in [0.1, 0.15) is 5.75 Å². The molecule has 2 aromatic rings. The molecule has 5 rings (SSSR count). The highest BCUT2D eigenvalue weighted by atomic mass is 16.3. The maximum absolute atomic E-state index is 13.4. The molecule has 1 fully saturated rings. The standard InChI is InChI=1S/C25H28N2O2/c1-16-12-14-27(15-13-16)25(29)22-7-3-6-21-19-4-2-5-20(19)23(26-24(21)22)17-8-10-18(28)11-9-17/h2-4,6-11,16,19-20,23,26,28H,5,12-15H2,1H3. The number of piperidine rings is 1. The summed E-state index contributed by atoms with van der Waals surface area (Å²) in [6.07, 6.45) is 7.75. The van der Waals surface area contributed by atoms with Crippen molar-refractivity contribution in [3.8, 4) is 5.75 Å². The molecule has 150 valence electrons. The third-order valence-corrected chi connectivity index (χ3v) is 6.95. The molecule has 1 saturated heterocycles. The average Bonchev–Trinajstić information content (AvgIpc) is 3.24. The van der Waals surface area contributed by atoms with Gasteiger partial charge in [-0.15, -0.1) is 0 Å². The number of benzene rings is 2. The second-order valence-corrected chi connectivity index (χ2v) is 8.81. The molecule has 2 heterocycles. The van der Waals surface area contributed by atoms with E-state index in [2.05, 4.69) is 30.5 Å². The molecule has 3 aliphatic rings. The Hall–Kier alpha value is -2.75. The molecule has 0 bridgehead atoms. The monoisotopic (exact) mass is 388 g/mol. The van der Waals surface area contributed by atoms with Crippen molar-refractivity contribution in [3.63, 3.8) is 0 Å². The predicted octanol–water partition coefficient (Wildman–Crippen LogP) is 5.09. The topological polar surface area (TPSA) is 52.6 Å². The third kappa shape index (κ3) is 3.21. The van der Waals surface area contributed by atoms with E-state index in [9.17, 15) is 9.90 Å². The van der Waals surface area contributed by atoms with E-state index < -0.39 is 0 Å². The van der Waals surface area contributed by atoms with Crippen molar-refractivity contribution in [2.75, 3.05) is 18.4 Å². The summed E-state index contributed by atoms with van der Waals surface area (Å²) in [6, 6.07) is 13.8. The van der Waals surface area contributed by atoms with Crippen molar-refractivity contribution in [2.24, 2.45) is 11.8 Å². The average molecular weight is 389 g/mol. The van der Waals surface area contributed by atoms with Gasteiger partial charge in [0.05, 0.1) is 17.3 Å². The van der Waals surface area contributed by atoms with E-state index in [4.69, 9.17) is 0 Å². The van der Waals surface area contributed by atoms with Crippen LogP contribution < -0.4 is 5.32 Å². The molecule has 0 spiro atoms. The van der Waals surface area contributed by atoms with Crippen LogP contribution in [0.15, 0.2) is 54.6 Å². The molecule has 1 aliphatic carbocycles. The highest BCUT2D eigenvalue weighted by Crippen LogP contribution is 2.50. The number of carbonyl (C=O) groups excluding carboxylic acids is 1. The summed E-state index contributed by atoms with van der Waals surface area (Å²) in [7, 11) is 0. The van der Waals surface area contributed by atoms with Crippen LogP contribution >= 0.6 is 0 Å². The lowest BCUT2D eigenvalue weighted by Crippen LogP contribution is -2.39. The molecule has 4 nitrogen and oxygen atoms in total. The Morgan fingerprint density at radius 1 is 1.10 bits per heavy atom. The minimum Gasteiger partial charge on any atom is -0.508 e. The summed E-state index contributed by atoms with van der Waals surface area (Å²) in [6.45, 7) is 3.95. The van der Waals surface area contributed by atoms with Gasteiger partial charge >= 0.3 is 0 Å². The first-order chi connectivity index (χ1) is 14.1. The highest BCUT2D eigenvalue weighted by molar-refractivity contribution is 6.01. The quantitative estimate of drug-likeness (QED) is 0.705. The zero-order chi connectivity index (χ0) is 20.0. The lowest BCUT2D eigenvalue weighted by Gasteiger charge is -2.39. The number of carbonyl (C=O) groups is 1. The maximum Gasteiger partial charge on any atom is 0.255 e. The Labute approximate surface area is 172 Å². The van der Waals surface area contributed by atoms with Gasteiger partial charge in [-0.3, -0.25) is 4.79 Å². The van der Waals surface area contributed by atoms with E-state index in [1.54, 1.807) is 12.1 Å². The number of amides is 1. The summed E-state index contributed by atoms with van der Waals surface area (Å²) < 4.78 is 0. The van der Waals surface area contributed by atoms with Gasteiger partial charge in [-0.1, -0.05) is 43.3 Å². The number of hydrogen-bond acceptors (Lipinski definition) is 3. The molecule has 3 unspecified atom stereocenters. The van der Waals surface area contributed by atoms with Crippen LogP contribution in [-0.2, 0) is 0 Å². The van der Waals surface area contributed by atoms with Crippen molar-refractivity contribution < 1.29 is 9.90 Å². The molecule has 2 aliphatic heterocycles. The van der Waals surface area contributed by atoms with Gasteiger partial charge in [-0.25, -0.2) is 0 Å². The second-order valence-electron chi connectivity index (χ2n) is 8.81. The number of hydrogen-bond donors (Lipinski definition) is 2. The first-order valence-corrected chi connectivity index (χ1v) is 10.8. The molecule has 2 aromatic carbocycles. The number of fused-ring (bicyclic) bond motifs is 3. The number of nitrogens with one attached hydrogen (secondary N) is 1. The van der Waals surface area contributed by atoms with Gasteiger partial charge in [0, 0.05) is 19.0 Å². The maximum atomic E-state index is 13.4. The lowest BCUT2D eigenvalue weighted by atomic mass is 9.76. The highest BCUT2D eigenvalue weighted by Gasteiger charge is 2.39. The van der Waals surface area contributed by atoms with Crippen molar-refractivity contribution in [3.05, 3.63) is 71.3 Å². The fourth-order valence-electron chi connectivity index (χ4n) is 5.19. The summed E-state index contributed by atoms with van der Waals surface area (Å²) in [5, 5.41) is 13.4. The fourth-order valence-corrected chi connectivity index (χ4v) is 5.19. The molecule has 0 radical (unpaired) electrons. The Bertz CT molecular complexity index is 942. The SMILES string of the molecule is CC1CCN(C(=O)c2cccc3c2NC(c2ccc(O)cc2)C2CC=CC32)CC1. The van der Waals surface area contributed by atoms with Gasteiger partial charge in [0.2, 0.25) is 0 Å². The van der Waals surface area contributed by atoms with Crippen molar-refractivity contribution in [1.82, 2.24) is 4.90 Å². The van der Waals surface area contributed by atoms with Crippen LogP contribution in [0.2, 0.25) is 0 Å². The zero-order valence-electron chi connectivity index (χ0n) is 16.8. The van der Waals surface area contributed by atoms with Gasteiger partial charge in [-0.2, -0.15) is 0 Å². The number of para-hydroxylation sites is 1. The molecule has 0 saturated carbocycles. The second kappa shape index (κ2) is 7.25. The van der Waals surface area contributed by atoms with Crippen LogP contribution in [0, 0.1) is 11.8 Å². The van der Waals surface area contributed by atoms with Crippen molar-refractivity contribution in [1.29, 1.82) is 0 Å². The molecular formula is C25H28N2O2. The first-order valence-electron chi connectivity index (χ1n) is 10.8. The van der Waals surface area contributed by atoms with Crippen LogP contribution in [0.5, 0.6) is 5.75 Å². The number of aromatic hydroxyl groups is 1. The van der Waals surface area contributed by atoms with E-state index in [1.807, 2.05) is 29.2 Å². The van der Waals surface area contributed by atoms with Gasteiger partial charge in [0.15, 0.2) is 0 Å². The Morgan fingerprint density at radius 2 is 1.86 bits per heavy atom. The third-order valence-electron chi connectivity index (χ3n) is 6.95. The van der Waals surface area contributed by atoms with E-state index in [-0.39, 0.29) is 17.7 Å². The number of nitrogens with zero attached hydrogens (tertiary/aromatic N) is 1. The molecular weight excluding hydrogens is 360 g/mol. The summed E-state index contributed by atoms with van der Waals surface area (Å²) in [4.78, 5) is 15.4. The number of allylic oxidation sites excluding steroid dienone is 2. The Balaban J connectivity index is 1.52. The van der Waals surface area contributed by atoms with Crippen LogP contribution in [0.3, 0.4) is 0 Å². The van der Waals surface area contributed by atoms with Gasteiger partial charge < -0.3 is 15.3 Å². The normalized spacial score (nSPS) is 26.0. The van der Waals surface area contributed by atoms with Gasteiger partial charge in [0.25, 0.3) is 5.91 Å². The van der Waals surface area contributed by atoms with Crippen LogP contribution in [0.1, 0.15) is 59.6 Å². The molecule has 4 heteroatoms. The van der Waals surface area contributed by atoms with E-state index in [0.29, 0.717) is 17.8 Å². The number of phenolic OH excluding ortho intramolecular Hbond substituents is 1. The lowest BCUT2D eigenvalue weighted by molar-refractivity contribution is 0.0698. The largest absolute Gasteiger partial charge is 0.508 e. The summed E-state index contributed by atoms with van der Waals surface area (Å²) >= 11 is 0. The summed E-state index contributed by atoms with van der Waals surface area (Å²) in [5.41, 5.74) is 4.16. The zero-order valence-corrected chi connectivity index (χ0v) is 16.8. The van der Waals surface area contributed by atoms with E-state index >= 15 is 0 Å². The van der Waals surface area contributed by atoms with Crippen LogP contribution in [-0.4, -0.2) is 29.0 Å². The smallest absolute Gasteiger partial charge is 0.255 e. The minimum atomic E-state index is 0.124. The first kappa shape index (κ1) is 18.3. The van der Waals surface area contributed by atoms with Crippen molar-refractivity contribution >= 4 is 11.6 Å². The van der Waals surface area contributed by atoms with Crippen LogP contribution in [0.25, 0.3) is 0 Å². The molecule has 29 heavy (non-hydrogen) atoms. The summed E-state index contributed by atoms with van der Waals surface area (Å²) in [5.74, 6) is 1.87. The number of rotatable bonds is 2.